The molecule has 14 heavy (non-hydrogen) atoms. The zero-order valence-electron chi connectivity index (χ0n) is 7.94. The third-order valence-corrected chi connectivity index (χ3v) is 2.27. The first kappa shape index (κ1) is 13.1. The Morgan fingerprint density at radius 1 is 1.14 bits per heavy atom. The van der Waals surface area contributed by atoms with Gasteiger partial charge < -0.3 is 20.4 Å². The van der Waals surface area contributed by atoms with Gasteiger partial charge >= 0.3 is 5.97 Å². The highest BCUT2D eigenvalue weighted by Crippen LogP contribution is 2.23. The number of carboxylic acids is 1. The summed E-state index contributed by atoms with van der Waals surface area (Å²) in [4.78, 5) is 10.4. The second-order valence-corrected chi connectivity index (χ2v) is 3.38. The molecule has 0 aromatic carbocycles. The van der Waals surface area contributed by atoms with Crippen LogP contribution in [0.3, 0.4) is 0 Å². The number of hydrogen-bond acceptors (Lipinski definition) is 4. The molecule has 0 aliphatic rings. The number of aliphatic carboxylic acids is 1. The second kappa shape index (κ2) is 5.74. The van der Waals surface area contributed by atoms with E-state index in [0.29, 0.717) is 0 Å². The molecule has 5 nitrogen and oxygen atoms in total. The van der Waals surface area contributed by atoms with Gasteiger partial charge in [0.1, 0.15) is 0 Å². The first-order valence-electron chi connectivity index (χ1n) is 4.25. The highest BCUT2D eigenvalue weighted by molar-refractivity contribution is 5.85. The summed E-state index contributed by atoms with van der Waals surface area (Å²) in [6.45, 7) is 2.17. The zero-order chi connectivity index (χ0) is 11.2. The van der Waals surface area contributed by atoms with Crippen LogP contribution in [0.1, 0.15) is 12.8 Å². The van der Waals surface area contributed by atoms with Crippen molar-refractivity contribution in [1.82, 2.24) is 0 Å². The summed E-state index contributed by atoms with van der Waals surface area (Å²) in [5.41, 5.74) is -1.01. The molecule has 0 amide bonds. The molecule has 0 unspecified atom stereocenters. The number of hydrogen-bond donors (Lipinski definition) is 4. The molecule has 5 heteroatoms. The van der Waals surface area contributed by atoms with Crippen molar-refractivity contribution in [2.24, 2.45) is 5.41 Å². The van der Waals surface area contributed by atoms with Gasteiger partial charge in [-0.25, -0.2) is 4.79 Å². The molecule has 0 fully saturated rings. The minimum Gasteiger partial charge on any atom is -0.478 e. The Labute approximate surface area is 82.3 Å². The van der Waals surface area contributed by atoms with Gasteiger partial charge in [-0.15, -0.1) is 0 Å². The van der Waals surface area contributed by atoms with Crippen molar-refractivity contribution < 1.29 is 25.2 Å². The van der Waals surface area contributed by atoms with Crippen LogP contribution in [0.25, 0.3) is 0 Å². The lowest BCUT2D eigenvalue weighted by Gasteiger charge is -2.27. The Hall–Kier alpha value is -0.910. The van der Waals surface area contributed by atoms with Crippen LogP contribution in [0.4, 0.5) is 0 Å². The SMILES string of the molecule is C=C(CCC(CO)(CO)CO)C(=O)O. The van der Waals surface area contributed by atoms with Crippen LogP contribution < -0.4 is 0 Å². The average molecular weight is 204 g/mol. The smallest absolute Gasteiger partial charge is 0.330 e. The van der Waals surface area contributed by atoms with Crippen LogP contribution in [0.5, 0.6) is 0 Å². The minimum absolute atomic E-state index is 0.00438. The highest BCUT2D eigenvalue weighted by atomic mass is 16.4. The molecular formula is C9H16O5. The van der Waals surface area contributed by atoms with Crippen LogP contribution in [-0.4, -0.2) is 46.2 Å². The summed E-state index contributed by atoms with van der Waals surface area (Å²) >= 11 is 0. The van der Waals surface area contributed by atoms with Gasteiger partial charge in [-0.1, -0.05) is 6.58 Å². The fourth-order valence-electron chi connectivity index (χ4n) is 0.910. The normalized spacial score (nSPS) is 11.4. The first-order valence-corrected chi connectivity index (χ1v) is 4.25. The van der Waals surface area contributed by atoms with E-state index in [-0.39, 0.29) is 38.2 Å². The van der Waals surface area contributed by atoms with E-state index in [9.17, 15) is 4.79 Å². The van der Waals surface area contributed by atoms with Gasteiger partial charge in [-0.05, 0) is 12.8 Å². The second-order valence-electron chi connectivity index (χ2n) is 3.38. The molecule has 0 aromatic rings. The summed E-state index contributed by atoms with van der Waals surface area (Å²) in [6.07, 6.45) is 0.332. The van der Waals surface area contributed by atoms with Gasteiger partial charge in [0.2, 0.25) is 0 Å². The maximum atomic E-state index is 10.4. The Bertz CT molecular complexity index is 199. The molecule has 0 atom stereocenters. The third kappa shape index (κ3) is 3.45. The molecule has 0 aromatic heterocycles. The quantitative estimate of drug-likeness (QED) is 0.414. The zero-order valence-corrected chi connectivity index (χ0v) is 7.94. The predicted octanol–water partition coefficient (Wildman–Crippen LogP) is -0.629. The molecule has 0 heterocycles. The van der Waals surface area contributed by atoms with Crippen LogP contribution in [0, 0.1) is 5.41 Å². The van der Waals surface area contributed by atoms with E-state index in [1.807, 2.05) is 0 Å². The molecule has 0 aliphatic heterocycles. The number of rotatable bonds is 7. The molecular weight excluding hydrogens is 188 g/mol. The third-order valence-electron chi connectivity index (χ3n) is 2.27. The summed E-state index contributed by atoms with van der Waals surface area (Å²) in [5, 5.41) is 35.3. The van der Waals surface area contributed by atoms with Crippen LogP contribution in [0.15, 0.2) is 12.2 Å². The van der Waals surface area contributed by atoms with E-state index < -0.39 is 11.4 Å². The average Bonchev–Trinajstić information content (AvgIpc) is 2.20. The summed E-state index contributed by atoms with van der Waals surface area (Å²) < 4.78 is 0. The number of aliphatic hydroxyl groups is 3. The first-order chi connectivity index (χ1) is 6.51. The molecule has 0 radical (unpaired) electrons. The molecule has 0 rings (SSSR count). The van der Waals surface area contributed by atoms with Gasteiger partial charge in [0.15, 0.2) is 0 Å². The Kier molecular flexibility index (Phi) is 5.37. The summed E-state index contributed by atoms with van der Waals surface area (Å²) in [6, 6.07) is 0. The Morgan fingerprint density at radius 2 is 1.57 bits per heavy atom. The van der Waals surface area contributed by atoms with Crippen molar-refractivity contribution in [3.8, 4) is 0 Å². The summed E-state index contributed by atoms with van der Waals surface area (Å²) in [7, 11) is 0. The van der Waals surface area contributed by atoms with Crippen molar-refractivity contribution in [3.63, 3.8) is 0 Å². The number of aliphatic hydroxyl groups excluding tert-OH is 3. The van der Waals surface area contributed by atoms with E-state index >= 15 is 0 Å². The van der Waals surface area contributed by atoms with Crippen molar-refractivity contribution in [1.29, 1.82) is 0 Å². The number of carbonyl (C=O) groups is 1. The van der Waals surface area contributed by atoms with E-state index in [1.165, 1.54) is 0 Å². The summed E-state index contributed by atoms with van der Waals surface area (Å²) in [5.74, 6) is -1.10. The van der Waals surface area contributed by atoms with Crippen molar-refractivity contribution >= 4 is 5.97 Å². The maximum absolute atomic E-state index is 10.4. The molecule has 0 bridgehead atoms. The standard InChI is InChI=1S/C9H16O5/c1-7(8(13)14)2-3-9(4-10,5-11)6-12/h10-12H,1-6H2,(H,13,14). The van der Waals surface area contributed by atoms with Gasteiger partial charge in [0, 0.05) is 11.0 Å². The van der Waals surface area contributed by atoms with E-state index in [4.69, 9.17) is 20.4 Å². The van der Waals surface area contributed by atoms with Gasteiger partial charge in [-0.3, -0.25) is 0 Å². The molecule has 0 aliphatic carbocycles. The van der Waals surface area contributed by atoms with Crippen LogP contribution >= 0.6 is 0 Å². The monoisotopic (exact) mass is 204 g/mol. The van der Waals surface area contributed by atoms with E-state index in [0.717, 1.165) is 0 Å². The highest BCUT2D eigenvalue weighted by Gasteiger charge is 2.28. The minimum atomic E-state index is -1.10. The number of carboxylic acid groups (broad SMARTS) is 1. The van der Waals surface area contributed by atoms with Crippen LogP contribution in [0.2, 0.25) is 0 Å². The fraction of sp³-hybridized carbons (Fsp3) is 0.667. The molecule has 0 saturated heterocycles. The predicted molar refractivity (Wildman–Crippen MR) is 49.7 cm³/mol. The lowest BCUT2D eigenvalue weighted by atomic mass is 9.84. The molecule has 0 saturated carbocycles. The Balaban J connectivity index is 4.19. The topological polar surface area (TPSA) is 98.0 Å². The van der Waals surface area contributed by atoms with Crippen molar-refractivity contribution in [2.75, 3.05) is 19.8 Å². The van der Waals surface area contributed by atoms with E-state index in [1.54, 1.807) is 0 Å². The lowest BCUT2D eigenvalue weighted by Crippen LogP contribution is -2.34. The van der Waals surface area contributed by atoms with Crippen LogP contribution in [-0.2, 0) is 4.79 Å². The van der Waals surface area contributed by atoms with Gasteiger partial charge in [-0.2, -0.15) is 0 Å². The molecule has 4 N–H and O–H groups in total. The molecule has 82 valence electrons. The molecule has 0 spiro atoms. The van der Waals surface area contributed by atoms with Crippen molar-refractivity contribution in [2.45, 2.75) is 12.8 Å². The Morgan fingerprint density at radius 3 is 1.86 bits per heavy atom. The maximum Gasteiger partial charge on any atom is 0.330 e. The largest absolute Gasteiger partial charge is 0.478 e. The fourth-order valence-corrected chi connectivity index (χ4v) is 0.910. The van der Waals surface area contributed by atoms with Gasteiger partial charge in [0.05, 0.1) is 19.8 Å². The van der Waals surface area contributed by atoms with Gasteiger partial charge in [0.25, 0.3) is 0 Å². The van der Waals surface area contributed by atoms with E-state index in [2.05, 4.69) is 6.58 Å². The van der Waals surface area contributed by atoms with Crippen molar-refractivity contribution in [3.05, 3.63) is 12.2 Å². The lowest BCUT2D eigenvalue weighted by molar-refractivity contribution is -0.132.